The molecule has 1 aromatic carbocycles. The van der Waals surface area contributed by atoms with Gasteiger partial charge in [0.05, 0.1) is 5.56 Å². The fraction of sp³-hybridized carbons (Fsp3) is 0.308. The molecule has 0 unspecified atom stereocenters. The second-order valence-corrected chi connectivity index (χ2v) is 4.16. The maximum Gasteiger partial charge on any atom is 0.140 e. The first kappa shape index (κ1) is 9.92. The summed E-state index contributed by atoms with van der Waals surface area (Å²) in [6.07, 6.45) is 6.36. The van der Waals surface area contributed by atoms with E-state index < -0.39 is 5.82 Å². The third kappa shape index (κ3) is 1.66. The summed E-state index contributed by atoms with van der Waals surface area (Å²) in [6.45, 7) is 2.12. The van der Waals surface area contributed by atoms with Crippen LogP contribution in [-0.2, 0) is 5.41 Å². The van der Waals surface area contributed by atoms with Gasteiger partial charge in [-0.3, -0.25) is 0 Å². The van der Waals surface area contributed by atoms with Crippen LogP contribution >= 0.6 is 0 Å². The highest BCUT2D eigenvalue weighted by molar-refractivity contribution is 5.40. The van der Waals surface area contributed by atoms with Gasteiger partial charge >= 0.3 is 0 Å². The van der Waals surface area contributed by atoms with Crippen LogP contribution in [0.3, 0.4) is 0 Å². The summed E-state index contributed by atoms with van der Waals surface area (Å²) in [5.74, 6) is -0.438. The first-order chi connectivity index (χ1) is 7.15. The van der Waals surface area contributed by atoms with Crippen LogP contribution in [0.2, 0.25) is 0 Å². The van der Waals surface area contributed by atoms with E-state index >= 15 is 0 Å². The van der Waals surface area contributed by atoms with Gasteiger partial charge in [-0.25, -0.2) is 4.39 Å². The molecule has 1 aliphatic rings. The van der Waals surface area contributed by atoms with E-state index in [9.17, 15) is 4.39 Å². The molecule has 2 rings (SSSR count). The minimum absolute atomic E-state index is 0.0285. The zero-order chi connectivity index (χ0) is 10.9. The van der Waals surface area contributed by atoms with E-state index in [-0.39, 0.29) is 11.0 Å². The Morgan fingerprint density at radius 2 is 2.27 bits per heavy atom. The maximum absolute atomic E-state index is 13.1. The van der Waals surface area contributed by atoms with Crippen LogP contribution in [0.1, 0.15) is 30.9 Å². The summed E-state index contributed by atoms with van der Waals surface area (Å²) < 4.78 is 13.1. The minimum Gasteiger partial charge on any atom is -0.206 e. The zero-order valence-corrected chi connectivity index (χ0v) is 8.63. The van der Waals surface area contributed by atoms with Gasteiger partial charge in [-0.1, -0.05) is 25.1 Å². The van der Waals surface area contributed by atoms with Crippen LogP contribution < -0.4 is 0 Å². The van der Waals surface area contributed by atoms with Crippen molar-refractivity contribution >= 4 is 0 Å². The summed E-state index contributed by atoms with van der Waals surface area (Å²) in [5.41, 5.74) is 1.13. The molecule has 0 saturated carbocycles. The molecule has 0 amide bonds. The summed E-state index contributed by atoms with van der Waals surface area (Å²) in [5, 5.41) is 8.76. The number of benzene rings is 1. The van der Waals surface area contributed by atoms with E-state index in [1.165, 1.54) is 6.07 Å². The number of nitrogens with zero attached hydrogens (tertiary/aromatic N) is 1. The highest BCUT2D eigenvalue weighted by Gasteiger charge is 2.26. The first-order valence-electron chi connectivity index (χ1n) is 5.03. The third-order valence-corrected chi connectivity index (χ3v) is 3.06. The Morgan fingerprint density at radius 1 is 1.47 bits per heavy atom. The molecule has 0 fully saturated rings. The molecular weight excluding hydrogens is 189 g/mol. The quantitative estimate of drug-likeness (QED) is 0.639. The van der Waals surface area contributed by atoms with E-state index in [1.807, 2.05) is 6.07 Å². The van der Waals surface area contributed by atoms with E-state index in [0.29, 0.717) is 0 Å². The number of halogens is 1. The van der Waals surface area contributed by atoms with Crippen molar-refractivity contribution in [1.29, 1.82) is 5.26 Å². The molecule has 1 atom stereocenters. The molecule has 0 aliphatic heterocycles. The van der Waals surface area contributed by atoms with Crippen LogP contribution in [-0.4, -0.2) is 0 Å². The Kier molecular flexibility index (Phi) is 2.32. The molecular formula is C13H12FN. The molecule has 0 aromatic heterocycles. The lowest BCUT2D eigenvalue weighted by Crippen LogP contribution is -2.15. The molecule has 1 nitrogen and oxygen atoms in total. The van der Waals surface area contributed by atoms with Crippen molar-refractivity contribution in [2.75, 3.05) is 0 Å². The molecule has 15 heavy (non-hydrogen) atoms. The van der Waals surface area contributed by atoms with Gasteiger partial charge in [0.25, 0.3) is 0 Å². The molecule has 1 aliphatic carbocycles. The molecule has 0 saturated heterocycles. The Bertz CT molecular complexity index is 456. The van der Waals surface area contributed by atoms with E-state index in [2.05, 4.69) is 19.1 Å². The molecule has 1 aromatic rings. The number of nitriles is 1. The Labute approximate surface area is 88.8 Å². The van der Waals surface area contributed by atoms with Crippen LogP contribution in [0, 0.1) is 17.1 Å². The van der Waals surface area contributed by atoms with E-state index in [4.69, 9.17) is 5.26 Å². The molecule has 0 bridgehead atoms. The van der Waals surface area contributed by atoms with Gasteiger partial charge in [0.15, 0.2) is 0 Å². The van der Waals surface area contributed by atoms with Gasteiger partial charge in [0.2, 0.25) is 0 Å². The predicted molar refractivity (Wildman–Crippen MR) is 56.8 cm³/mol. The summed E-state index contributed by atoms with van der Waals surface area (Å²) in [6, 6.07) is 6.68. The molecule has 0 spiro atoms. The van der Waals surface area contributed by atoms with Crippen LogP contribution in [0.25, 0.3) is 0 Å². The standard InChI is InChI=1S/C13H12FN/c1-13(6-2-3-7-13)11-4-5-12(14)10(8-11)9-15/h2,4-6,8H,3,7H2,1H3/t13-/m0/s1. The smallest absolute Gasteiger partial charge is 0.140 e. The zero-order valence-electron chi connectivity index (χ0n) is 8.63. The molecule has 0 radical (unpaired) electrons. The lowest BCUT2D eigenvalue weighted by atomic mass is 9.81. The SMILES string of the molecule is C[C@]1(c2ccc(F)c(C#N)c2)C=CCC1. The minimum atomic E-state index is -0.438. The Morgan fingerprint density at radius 3 is 2.87 bits per heavy atom. The Balaban J connectivity index is 2.46. The fourth-order valence-electron chi connectivity index (χ4n) is 2.02. The normalized spacial score (nSPS) is 24.1. The monoisotopic (exact) mass is 201 g/mol. The number of hydrogen-bond donors (Lipinski definition) is 0. The largest absolute Gasteiger partial charge is 0.206 e. The van der Waals surface area contributed by atoms with Crippen molar-refractivity contribution in [3.63, 3.8) is 0 Å². The summed E-state index contributed by atoms with van der Waals surface area (Å²) in [7, 11) is 0. The maximum atomic E-state index is 13.1. The van der Waals surface area contributed by atoms with Crippen molar-refractivity contribution in [3.05, 3.63) is 47.3 Å². The average Bonchev–Trinajstić information content (AvgIpc) is 2.67. The highest BCUT2D eigenvalue weighted by Crippen LogP contribution is 2.35. The van der Waals surface area contributed by atoms with Gasteiger partial charge in [0.1, 0.15) is 11.9 Å². The number of allylic oxidation sites excluding steroid dienone is 2. The van der Waals surface area contributed by atoms with Crippen LogP contribution in [0.15, 0.2) is 30.4 Å². The van der Waals surface area contributed by atoms with E-state index in [0.717, 1.165) is 18.4 Å². The molecule has 76 valence electrons. The number of rotatable bonds is 1. The Hall–Kier alpha value is -1.62. The molecule has 2 heteroatoms. The van der Waals surface area contributed by atoms with Gasteiger partial charge < -0.3 is 0 Å². The highest BCUT2D eigenvalue weighted by atomic mass is 19.1. The predicted octanol–water partition coefficient (Wildman–Crippen LogP) is 3.31. The van der Waals surface area contributed by atoms with Gasteiger partial charge in [-0.05, 0) is 30.5 Å². The van der Waals surface area contributed by atoms with Crippen molar-refractivity contribution in [2.45, 2.75) is 25.2 Å². The lowest BCUT2D eigenvalue weighted by Gasteiger charge is -2.22. The van der Waals surface area contributed by atoms with E-state index in [1.54, 1.807) is 12.1 Å². The summed E-state index contributed by atoms with van der Waals surface area (Å²) in [4.78, 5) is 0. The van der Waals surface area contributed by atoms with Gasteiger partial charge in [-0.15, -0.1) is 0 Å². The number of hydrogen-bond acceptors (Lipinski definition) is 1. The van der Waals surface area contributed by atoms with Crippen molar-refractivity contribution in [3.8, 4) is 6.07 Å². The van der Waals surface area contributed by atoms with Gasteiger partial charge in [-0.2, -0.15) is 5.26 Å². The van der Waals surface area contributed by atoms with Crippen LogP contribution in [0.4, 0.5) is 4.39 Å². The first-order valence-corrected chi connectivity index (χ1v) is 5.03. The molecule has 0 N–H and O–H groups in total. The topological polar surface area (TPSA) is 23.8 Å². The van der Waals surface area contributed by atoms with Crippen molar-refractivity contribution in [1.82, 2.24) is 0 Å². The van der Waals surface area contributed by atoms with Crippen molar-refractivity contribution in [2.24, 2.45) is 0 Å². The fourth-order valence-corrected chi connectivity index (χ4v) is 2.02. The molecule has 0 heterocycles. The van der Waals surface area contributed by atoms with Crippen LogP contribution in [0.5, 0.6) is 0 Å². The lowest BCUT2D eigenvalue weighted by molar-refractivity contribution is 0.573. The average molecular weight is 201 g/mol. The third-order valence-electron chi connectivity index (χ3n) is 3.06. The second-order valence-electron chi connectivity index (χ2n) is 4.16. The van der Waals surface area contributed by atoms with Crippen molar-refractivity contribution < 1.29 is 4.39 Å². The van der Waals surface area contributed by atoms with Gasteiger partial charge in [0, 0.05) is 5.41 Å². The summed E-state index contributed by atoms with van der Waals surface area (Å²) >= 11 is 0. The second kappa shape index (κ2) is 3.51.